The predicted octanol–water partition coefficient (Wildman–Crippen LogP) is 1.38. The van der Waals surface area contributed by atoms with Crippen LogP contribution in [0.2, 0.25) is 0 Å². The van der Waals surface area contributed by atoms with E-state index < -0.39 is 9.84 Å². The van der Waals surface area contributed by atoms with E-state index in [2.05, 4.69) is 10.6 Å². The van der Waals surface area contributed by atoms with Gasteiger partial charge in [0.2, 0.25) is 0 Å². The minimum atomic E-state index is -2.89. The maximum absolute atomic E-state index is 11.7. The Morgan fingerprint density at radius 2 is 2.25 bits per heavy atom. The van der Waals surface area contributed by atoms with Crippen molar-refractivity contribution in [1.82, 2.24) is 10.6 Å². The van der Waals surface area contributed by atoms with Gasteiger partial charge in [0.25, 0.3) is 0 Å². The van der Waals surface area contributed by atoms with E-state index in [0.717, 1.165) is 5.76 Å². The Hall–Kier alpha value is -1.50. The number of nitrogens with one attached hydrogen (secondary N) is 2. The molecule has 2 N–H and O–H groups in total. The number of amides is 2. The minimum absolute atomic E-state index is 0.0203. The number of sulfone groups is 1. The lowest BCUT2D eigenvalue weighted by atomic mass is 10.1. The SMILES string of the molecule is Cc1ccc(C(C)NC(=O)NCC2CCS(=O)(=O)C2)o1. The lowest BCUT2D eigenvalue weighted by Gasteiger charge is -2.14. The van der Waals surface area contributed by atoms with Gasteiger partial charge >= 0.3 is 6.03 Å². The van der Waals surface area contributed by atoms with Gasteiger partial charge in [0.05, 0.1) is 17.5 Å². The number of carbonyl (C=O) groups is 1. The van der Waals surface area contributed by atoms with Crippen LogP contribution in [0.4, 0.5) is 4.79 Å². The van der Waals surface area contributed by atoms with Crippen molar-refractivity contribution in [3.05, 3.63) is 23.7 Å². The third-order valence-corrected chi connectivity index (χ3v) is 5.25. The first-order valence-electron chi connectivity index (χ1n) is 6.67. The first-order chi connectivity index (χ1) is 9.35. The molecule has 0 spiro atoms. The van der Waals surface area contributed by atoms with Crippen molar-refractivity contribution in [2.45, 2.75) is 26.3 Å². The lowest BCUT2D eigenvalue weighted by Crippen LogP contribution is -2.39. The number of hydrogen-bond donors (Lipinski definition) is 2. The van der Waals surface area contributed by atoms with Crippen LogP contribution in [-0.2, 0) is 9.84 Å². The van der Waals surface area contributed by atoms with Crippen LogP contribution in [0.3, 0.4) is 0 Å². The van der Waals surface area contributed by atoms with E-state index in [-0.39, 0.29) is 29.5 Å². The first-order valence-corrected chi connectivity index (χ1v) is 8.49. The van der Waals surface area contributed by atoms with Gasteiger partial charge in [-0.15, -0.1) is 0 Å². The van der Waals surface area contributed by atoms with Crippen molar-refractivity contribution in [3.63, 3.8) is 0 Å². The van der Waals surface area contributed by atoms with Crippen LogP contribution in [0.25, 0.3) is 0 Å². The molecule has 1 aliphatic rings. The molecule has 0 radical (unpaired) electrons. The quantitative estimate of drug-likeness (QED) is 0.879. The van der Waals surface area contributed by atoms with Crippen molar-refractivity contribution >= 4 is 15.9 Å². The molecule has 20 heavy (non-hydrogen) atoms. The van der Waals surface area contributed by atoms with E-state index in [1.54, 1.807) is 0 Å². The third-order valence-electron chi connectivity index (χ3n) is 3.41. The highest BCUT2D eigenvalue weighted by molar-refractivity contribution is 7.91. The molecule has 0 aliphatic carbocycles. The largest absolute Gasteiger partial charge is 0.464 e. The smallest absolute Gasteiger partial charge is 0.315 e. The summed E-state index contributed by atoms with van der Waals surface area (Å²) in [6.07, 6.45) is 0.621. The summed E-state index contributed by atoms with van der Waals surface area (Å²) in [6.45, 7) is 4.06. The molecule has 2 heterocycles. The fraction of sp³-hybridized carbons (Fsp3) is 0.615. The Balaban J connectivity index is 1.76. The van der Waals surface area contributed by atoms with Gasteiger partial charge in [0.15, 0.2) is 9.84 Å². The molecule has 1 saturated heterocycles. The molecule has 2 amide bonds. The van der Waals surface area contributed by atoms with E-state index in [0.29, 0.717) is 18.7 Å². The van der Waals surface area contributed by atoms with E-state index in [4.69, 9.17) is 4.42 Å². The zero-order valence-corrected chi connectivity index (χ0v) is 12.5. The molecule has 0 bridgehead atoms. The van der Waals surface area contributed by atoms with Gasteiger partial charge in [-0.05, 0) is 38.3 Å². The van der Waals surface area contributed by atoms with Crippen molar-refractivity contribution in [2.75, 3.05) is 18.1 Å². The Morgan fingerprint density at radius 3 is 2.80 bits per heavy atom. The summed E-state index contributed by atoms with van der Waals surface area (Å²) < 4.78 is 28.0. The summed E-state index contributed by atoms with van der Waals surface area (Å²) in [5.74, 6) is 1.90. The molecule has 6 nitrogen and oxygen atoms in total. The molecule has 1 aromatic rings. The van der Waals surface area contributed by atoms with Crippen LogP contribution in [0, 0.1) is 12.8 Å². The number of rotatable bonds is 4. The summed E-state index contributed by atoms with van der Waals surface area (Å²) in [7, 11) is -2.89. The first kappa shape index (κ1) is 14.9. The monoisotopic (exact) mass is 300 g/mol. The molecule has 1 aliphatic heterocycles. The van der Waals surface area contributed by atoms with Crippen molar-refractivity contribution in [1.29, 1.82) is 0 Å². The predicted molar refractivity (Wildman–Crippen MR) is 75.2 cm³/mol. The van der Waals surface area contributed by atoms with E-state index in [1.165, 1.54) is 0 Å². The maximum Gasteiger partial charge on any atom is 0.315 e. The molecular formula is C13H20N2O4S. The fourth-order valence-electron chi connectivity index (χ4n) is 2.27. The molecule has 7 heteroatoms. The second-order valence-corrected chi connectivity index (χ2v) is 7.52. The van der Waals surface area contributed by atoms with Crippen molar-refractivity contribution in [2.24, 2.45) is 5.92 Å². The van der Waals surface area contributed by atoms with Crippen LogP contribution in [0.15, 0.2) is 16.5 Å². The number of urea groups is 1. The number of hydrogen-bond acceptors (Lipinski definition) is 4. The van der Waals surface area contributed by atoms with Gasteiger partial charge in [-0.25, -0.2) is 13.2 Å². The Morgan fingerprint density at radius 1 is 1.50 bits per heavy atom. The summed E-state index contributed by atoms with van der Waals surface area (Å²) in [4.78, 5) is 11.7. The Labute approximate surface area is 118 Å². The molecule has 112 valence electrons. The maximum atomic E-state index is 11.7. The molecule has 2 unspecified atom stereocenters. The van der Waals surface area contributed by atoms with Crippen LogP contribution >= 0.6 is 0 Å². The Kier molecular flexibility index (Phi) is 4.37. The molecule has 2 atom stereocenters. The van der Waals surface area contributed by atoms with E-state index >= 15 is 0 Å². The second-order valence-electron chi connectivity index (χ2n) is 5.29. The number of carbonyl (C=O) groups excluding carboxylic acids is 1. The van der Waals surface area contributed by atoms with Crippen LogP contribution in [0.1, 0.15) is 30.9 Å². The molecule has 1 fully saturated rings. The fourth-order valence-corrected chi connectivity index (χ4v) is 4.14. The van der Waals surface area contributed by atoms with Gasteiger partial charge < -0.3 is 15.1 Å². The third kappa shape index (κ3) is 4.00. The summed E-state index contributed by atoms with van der Waals surface area (Å²) >= 11 is 0. The van der Waals surface area contributed by atoms with Gasteiger partial charge in [-0.2, -0.15) is 0 Å². The Bertz CT molecular complexity index is 579. The van der Waals surface area contributed by atoms with Crippen molar-refractivity contribution in [3.8, 4) is 0 Å². The van der Waals surface area contributed by atoms with E-state index in [9.17, 15) is 13.2 Å². The van der Waals surface area contributed by atoms with Gasteiger partial charge in [0, 0.05) is 6.54 Å². The minimum Gasteiger partial charge on any atom is -0.464 e. The highest BCUT2D eigenvalue weighted by atomic mass is 32.2. The average Bonchev–Trinajstić information content (AvgIpc) is 2.93. The molecular weight excluding hydrogens is 280 g/mol. The molecule has 0 saturated carbocycles. The number of aryl methyl sites for hydroxylation is 1. The summed E-state index contributed by atoms with van der Waals surface area (Å²) in [5, 5.41) is 5.47. The summed E-state index contributed by atoms with van der Waals surface area (Å²) in [5.41, 5.74) is 0. The second kappa shape index (κ2) is 5.87. The van der Waals surface area contributed by atoms with Crippen LogP contribution in [-0.4, -0.2) is 32.5 Å². The van der Waals surface area contributed by atoms with Crippen LogP contribution in [0.5, 0.6) is 0 Å². The standard InChI is InChI=1S/C13H20N2O4S/c1-9-3-4-12(19-9)10(2)15-13(16)14-7-11-5-6-20(17,18)8-11/h3-4,10-11H,5-8H2,1-2H3,(H2,14,15,16). The zero-order chi connectivity index (χ0) is 14.8. The van der Waals surface area contributed by atoms with Crippen LogP contribution < -0.4 is 10.6 Å². The molecule has 0 aromatic carbocycles. The van der Waals surface area contributed by atoms with Gasteiger partial charge in [-0.3, -0.25) is 0 Å². The highest BCUT2D eigenvalue weighted by Gasteiger charge is 2.28. The molecule has 1 aromatic heterocycles. The average molecular weight is 300 g/mol. The van der Waals surface area contributed by atoms with Gasteiger partial charge in [-0.1, -0.05) is 0 Å². The normalized spacial score (nSPS) is 22.4. The lowest BCUT2D eigenvalue weighted by molar-refractivity contribution is 0.234. The number of furan rings is 1. The summed E-state index contributed by atoms with van der Waals surface area (Å²) in [6, 6.07) is 3.13. The van der Waals surface area contributed by atoms with Gasteiger partial charge in [0.1, 0.15) is 11.5 Å². The van der Waals surface area contributed by atoms with Crippen molar-refractivity contribution < 1.29 is 17.6 Å². The topological polar surface area (TPSA) is 88.4 Å². The highest BCUT2D eigenvalue weighted by Crippen LogP contribution is 2.18. The zero-order valence-electron chi connectivity index (χ0n) is 11.7. The van der Waals surface area contributed by atoms with E-state index in [1.807, 2.05) is 26.0 Å². The molecule has 2 rings (SSSR count).